The Balaban J connectivity index is 1.60. The molecule has 0 bridgehead atoms. The van der Waals surface area contributed by atoms with E-state index in [1.165, 1.54) is 24.5 Å². The Hall–Kier alpha value is -3.40. The molecular formula is C22H22F2N2O5S. The smallest absolute Gasteiger partial charge is 0.387 e. The van der Waals surface area contributed by atoms with Gasteiger partial charge in [-0.15, -0.1) is 11.3 Å². The highest BCUT2D eigenvalue weighted by Crippen LogP contribution is 2.33. The van der Waals surface area contributed by atoms with E-state index < -0.39 is 6.61 Å². The first kappa shape index (κ1) is 23.3. The van der Waals surface area contributed by atoms with Crippen LogP contribution in [-0.2, 0) is 6.42 Å². The molecule has 170 valence electrons. The zero-order chi connectivity index (χ0) is 23.1. The van der Waals surface area contributed by atoms with Crippen LogP contribution in [0.4, 0.5) is 8.78 Å². The zero-order valence-electron chi connectivity index (χ0n) is 17.7. The average Bonchev–Trinajstić information content (AvgIpc) is 3.29. The highest BCUT2D eigenvalue weighted by Gasteiger charge is 2.14. The second-order valence-corrected chi connectivity index (χ2v) is 7.34. The Morgan fingerprint density at radius 3 is 2.38 bits per heavy atom. The Kier molecular flexibility index (Phi) is 7.82. The van der Waals surface area contributed by atoms with Gasteiger partial charge in [-0.3, -0.25) is 4.79 Å². The van der Waals surface area contributed by atoms with Gasteiger partial charge in [0.1, 0.15) is 10.7 Å². The molecule has 0 saturated carbocycles. The first-order valence-electron chi connectivity index (χ1n) is 9.53. The van der Waals surface area contributed by atoms with Crippen molar-refractivity contribution < 1.29 is 32.5 Å². The predicted molar refractivity (Wildman–Crippen MR) is 116 cm³/mol. The Morgan fingerprint density at radius 2 is 1.69 bits per heavy atom. The van der Waals surface area contributed by atoms with Crippen LogP contribution in [0.1, 0.15) is 16.1 Å². The second-order valence-electron chi connectivity index (χ2n) is 6.48. The summed E-state index contributed by atoms with van der Waals surface area (Å²) in [5, 5.41) is 5.16. The third-order valence-electron chi connectivity index (χ3n) is 4.51. The first-order chi connectivity index (χ1) is 15.4. The van der Waals surface area contributed by atoms with E-state index in [4.69, 9.17) is 14.2 Å². The van der Waals surface area contributed by atoms with Crippen LogP contribution in [0.2, 0.25) is 0 Å². The number of rotatable bonds is 10. The van der Waals surface area contributed by atoms with Gasteiger partial charge < -0.3 is 24.3 Å². The molecule has 0 aliphatic carbocycles. The number of thiazole rings is 1. The van der Waals surface area contributed by atoms with Gasteiger partial charge in [-0.1, -0.05) is 6.07 Å². The van der Waals surface area contributed by atoms with Gasteiger partial charge >= 0.3 is 6.61 Å². The topological polar surface area (TPSA) is 78.9 Å². The van der Waals surface area contributed by atoms with Crippen LogP contribution in [0.15, 0.2) is 41.8 Å². The molecule has 3 aromatic rings. The monoisotopic (exact) mass is 464 g/mol. The number of nitrogens with one attached hydrogen (secondary N) is 1. The molecule has 1 N–H and O–H groups in total. The Morgan fingerprint density at radius 1 is 1.00 bits per heavy atom. The minimum atomic E-state index is -2.93. The number of hydrogen-bond donors (Lipinski definition) is 1. The van der Waals surface area contributed by atoms with Crippen molar-refractivity contribution in [3.05, 3.63) is 53.0 Å². The number of ether oxygens (including phenoxy) is 4. The maximum absolute atomic E-state index is 12.5. The van der Waals surface area contributed by atoms with Gasteiger partial charge in [0.05, 0.1) is 21.3 Å². The number of alkyl halides is 2. The molecule has 32 heavy (non-hydrogen) atoms. The van der Waals surface area contributed by atoms with Gasteiger partial charge in [-0.05, 0) is 42.3 Å². The van der Waals surface area contributed by atoms with Gasteiger partial charge in [0, 0.05) is 17.5 Å². The fraction of sp³-hybridized carbons (Fsp3) is 0.273. The molecule has 0 aliphatic heterocycles. The highest BCUT2D eigenvalue weighted by molar-refractivity contribution is 7.13. The molecule has 7 nitrogen and oxygen atoms in total. The lowest BCUT2D eigenvalue weighted by Crippen LogP contribution is -2.26. The van der Waals surface area contributed by atoms with Crippen LogP contribution < -0.4 is 24.3 Å². The van der Waals surface area contributed by atoms with E-state index in [9.17, 15) is 13.6 Å². The maximum atomic E-state index is 12.5. The number of aromatic nitrogens is 1. The molecule has 10 heteroatoms. The lowest BCUT2D eigenvalue weighted by atomic mass is 10.1. The molecule has 0 saturated heterocycles. The van der Waals surface area contributed by atoms with Crippen molar-refractivity contribution in [3.8, 4) is 33.6 Å². The van der Waals surface area contributed by atoms with E-state index in [-0.39, 0.29) is 17.4 Å². The maximum Gasteiger partial charge on any atom is 0.387 e. The molecule has 0 unspecified atom stereocenters. The molecule has 1 heterocycles. The van der Waals surface area contributed by atoms with Gasteiger partial charge in [0.25, 0.3) is 5.91 Å². The molecule has 0 spiro atoms. The van der Waals surface area contributed by atoms with E-state index in [0.29, 0.717) is 35.2 Å². The SMILES string of the molecule is COc1ccc(-c2nc(C(=O)NCCc3ccc(OC(F)F)c(OC)c3)cs2)cc1OC. The predicted octanol–water partition coefficient (Wildman–Crippen LogP) is 4.41. The van der Waals surface area contributed by atoms with Crippen molar-refractivity contribution in [2.75, 3.05) is 27.9 Å². The third-order valence-corrected chi connectivity index (χ3v) is 5.40. The number of amides is 1. The summed E-state index contributed by atoms with van der Waals surface area (Å²) < 4.78 is 44.9. The number of nitrogens with zero attached hydrogens (tertiary/aromatic N) is 1. The molecule has 2 aromatic carbocycles. The van der Waals surface area contributed by atoms with Gasteiger partial charge in [-0.25, -0.2) is 4.98 Å². The van der Waals surface area contributed by atoms with E-state index >= 15 is 0 Å². The first-order valence-corrected chi connectivity index (χ1v) is 10.4. The second kappa shape index (κ2) is 10.8. The van der Waals surface area contributed by atoms with Crippen molar-refractivity contribution in [3.63, 3.8) is 0 Å². The largest absolute Gasteiger partial charge is 0.493 e. The zero-order valence-corrected chi connectivity index (χ0v) is 18.5. The number of halogens is 2. The Labute approximate surface area is 187 Å². The summed E-state index contributed by atoms with van der Waals surface area (Å²) in [5.74, 6) is 1.04. The van der Waals surface area contributed by atoms with Gasteiger partial charge in [-0.2, -0.15) is 8.78 Å². The quantitative estimate of drug-likeness (QED) is 0.479. The van der Waals surface area contributed by atoms with Crippen LogP contribution in [0.3, 0.4) is 0 Å². The van der Waals surface area contributed by atoms with Crippen molar-refractivity contribution >= 4 is 17.2 Å². The highest BCUT2D eigenvalue weighted by atomic mass is 32.1. The van der Waals surface area contributed by atoms with E-state index in [2.05, 4.69) is 15.0 Å². The molecule has 0 radical (unpaired) electrons. The number of carbonyl (C=O) groups excluding carboxylic acids is 1. The van der Waals surface area contributed by atoms with E-state index in [1.807, 2.05) is 6.07 Å². The normalized spacial score (nSPS) is 10.7. The molecule has 1 aromatic heterocycles. The summed E-state index contributed by atoms with van der Waals surface area (Å²) in [5.41, 5.74) is 1.91. The minimum Gasteiger partial charge on any atom is -0.493 e. The number of carbonyl (C=O) groups is 1. The van der Waals surface area contributed by atoms with Crippen LogP contribution in [0.25, 0.3) is 10.6 Å². The van der Waals surface area contributed by atoms with Crippen molar-refractivity contribution in [2.24, 2.45) is 0 Å². The number of methoxy groups -OCH3 is 3. The van der Waals surface area contributed by atoms with Gasteiger partial charge in [0.15, 0.2) is 23.0 Å². The number of hydrogen-bond acceptors (Lipinski definition) is 7. The minimum absolute atomic E-state index is 0.0412. The average molecular weight is 464 g/mol. The summed E-state index contributed by atoms with van der Waals surface area (Å²) >= 11 is 1.34. The standard InChI is InChI=1S/C22H22F2N2O5S/c1-28-16-7-5-14(11-19(16)30-3)21-26-15(12-32-21)20(27)25-9-8-13-4-6-17(31-22(23)24)18(10-13)29-2/h4-7,10-12,22H,8-9H2,1-3H3,(H,25,27). The molecule has 0 atom stereocenters. The van der Waals surface area contributed by atoms with Gasteiger partial charge in [0.2, 0.25) is 0 Å². The summed E-state index contributed by atoms with van der Waals surface area (Å²) in [6.07, 6.45) is 0.476. The summed E-state index contributed by atoms with van der Waals surface area (Å²) in [6.45, 7) is -2.60. The molecule has 3 rings (SSSR count). The summed E-state index contributed by atoms with van der Waals surface area (Å²) in [4.78, 5) is 16.9. The van der Waals surface area contributed by atoms with E-state index in [0.717, 1.165) is 11.1 Å². The third kappa shape index (κ3) is 5.64. The summed E-state index contributed by atoms with van der Waals surface area (Å²) in [7, 11) is 4.49. The van der Waals surface area contributed by atoms with Crippen LogP contribution >= 0.6 is 11.3 Å². The molecule has 1 amide bonds. The lowest BCUT2D eigenvalue weighted by molar-refractivity contribution is -0.0512. The molecule has 0 aliphatic rings. The van der Waals surface area contributed by atoms with Crippen molar-refractivity contribution in [1.29, 1.82) is 0 Å². The van der Waals surface area contributed by atoms with Crippen molar-refractivity contribution in [1.82, 2.24) is 10.3 Å². The van der Waals surface area contributed by atoms with Crippen LogP contribution in [0, 0.1) is 0 Å². The summed E-state index contributed by atoms with van der Waals surface area (Å²) in [6, 6.07) is 10.1. The van der Waals surface area contributed by atoms with Crippen molar-refractivity contribution in [2.45, 2.75) is 13.0 Å². The fourth-order valence-corrected chi connectivity index (χ4v) is 3.75. The van der Waals surface area contributed by atoms with E-state index in [1.54, 1.807) is 43.9 Å². The fourth-order valence-electron chi connectivity index (χ4n) is 2.95. The molecule has 0 fully saturated rings. The molecular weight excluding hydrogens is 442 g/mol. The Bertz CT molecular complexity index is 1070. The van der Waals surface area contributed by atoms with Crippen LogP contribution in [-0.4, -0.2) is 45.4 Å². The number of benzene rings is 2. The van der Waals surface area contributed by atoms with Crippen LogP contribution in [0.5, 0.6) is 23.0 Å². The lowest BCUT2D eigenvalue weighted by Gasteiger charge is -2.11.